The summed E-state index contributed by atoms with van der Waals surface area (Å²) in [6.07, 6.45) is 2.22. The van der Waals surface area contributed by atoms with Crippen LogP contribution in [0, 0.1) is 21.3 Å². The molecule has 2 amide bonds. The number of rotatable bonds is 14. The maximum absolute atomic E-state index is 14.4. The van der Waals surface area contributed by atoms with Crippen LogP contribution in [0.4, 0.5) is 0 Å². The largest absolute Gasteiger partial charge is 0.493 e. The Morgan fingerprint density at radius 2 is 1.88 bits per heavy atom. The first-order chi connectivity index (χ1) is 24.0. The number of nitrogens with zero attached hydrogens (tertiary/aromatic N) is 1. The molecule has 2 aromatic carbocycles. The van der Waals surface area contributed by atoms with Crippen molar-refractivity contribution in [3.63, 3.8) is 0 Å². The lowest BCUT2D eigenvalue weighted by molar-refractivity contribution is -0.149. The smallest absolute Gasteiger partial charge is 0.249 e. The molecule has 2 aliphatic carbocycles. The van der Waals surface area contributed by atoms with E-state index in [1.54, 1.807) is 29.2 Å². The average Bonchev–Trinajstić information content (AvgIpc) is 3.58. The number of methoxy groups -OCH3 is 1. The van der Waals surface area contributed by atoms with E-state index < -0.39 is 24.2 Å². The average molecular weight is 809 g/mol. The third-order valence-electron chi connectivity index (χ3n) is 9.83. The molecule has 0 radical (unpaired) electrons. The van der Waals surface area contributed by atoms with Gasteiger partial charge >= 0.3 is 0 Å². The van der Waals surface area contributed by atoms with Gasteiger partial charge in [-0.2, -0.15) is 0 Å². The minimum absolute atomic E-state index is 0.0291. The number of hydrogen-bond donors (Lipinski definition) is 4. The Kier molecular flexibility index (Phi) is 13.3. The van der Waals surface area contributed by atoms with Gasteiger partial charge < -0.3 is 49.2 Å². The molecular formula is C37H49IN2O10. The highest BCUT2D eigenvalue weighted by molar-refractivity contribution is 14.1. The standard InChI is InChI=1S/C37H49IN2O10/c1-21(2)26-7-5-22(3)11-30(26)47-19-34(43)40(17-23-6-8-29-31(13-23)49-20-48-29)28-15-25(37(45)39-9-10-41)16-32(35(28)44)50-36-27(38)12-24(18-42)14-33(36)46-4/h6,8,12-14,16,21-22,26,28,30,32,35,41-42,44H,5,7,9-11,15,17-20H2,1-4H3,(H,39,45)/t22-,26+,28+,30-,32-,35-/m0/s1. The van der Waals surface area contributed by atoms with E-state index in [0.717, 1.165) is 24.8 Å². The number of carbonyl (C=O) groups excluding carboxylic acids is 2. The number of fused-ring (bicyclic) bond motifs is 1. The van der Waals surface area contributed by atoms with Gasteiger partial charge in [0.25, 0.3) is 0 Å². The van der Waals surface area contributed by atoms with E-state index in [2.05, 4.69) is 48.7 Å². The quantitative estimate of drug-likeness (QED) is 0.207. The second-order valence-corrected chi connectivity index (χ2v) is 14.8. The van der Waals surface area contributed by atoms with E-state index in [1.807, 2.05) is 12.1 Å². The van der Waals surface area contributed by atoms with Crippen LogP contribution in [-0.4, -0.2) is 90.0 Å². The number of amides is 2. The maximum atomic E-state index is 14.4. The van der Waals surface area contributed by atoms with Gasteiger partial charge in [-0.3, -0.25) is 9.59 Å². The molecule has 50 heavy (non-hydrogen) atoms. The van der Waals surface area contributed by atoms with Crippen molar-refractivity contribution >= 4 is 34.4 Å². The minimum Gasteiger partial charge on any atom is -0.493 e. The Balaban J connectivity index is 1.48. The van der Waals surface area contributed by atoms with Gasteiger partial charge in [-0.05, 0) is 94.7 Å². The Labute approximate surface area is 307 Å². The lowest BCUT2D eigenvalue weighted by Crippen LogP contribution is -2.55. The molecule has 1 aliphatic heterocycles. The molecule has 6 atom stereocenters. The third-order valence-corrected chi connectivity index (χ3v) is 10.6. The van der Waals surface area contributed by atoms with Crippen molar-refractivity contribution in [2.45, 2.75) is 84.0 Å². The van der Waals surface area contributed by atoms with E-state index >= 15 is 0 Å². The SMILES string of the molecule is COc1cc(CO)cc(I)c1O[C@H]1C=C(C(=O)NCCO)C[C@@H](N(Cc2ccc3c(c2)OCO3)C(=O)CO[C@H]2C[C@@H](C)CC[C@@H]2C(C)C)[C@@H]1O. The van der Waals surface area contributed by atoms with Crippen LogP contribution < -0.4 is 24.3 Å². The maximum Gasteiger partial charge on any atom is 0.249 e. The van der Waals surface area contributed by atoms with E-state index in [9.17, 15) is 24.9 Å². The molecule has 1 saturated carbocycles. The van der Waals surface area contributed by atoms with Gasteiger partial charge in [0.2, 0.25) is 18.6 Å². The number of halogens is 1. The van der Waals surface area contributed by atoms with Crippen LogP contribution in [0.2, 0.25) is 0 Å². The summed E-state index contributed by atoms with van der Waals surface area (Å²) >= 11 is 2.07. The van der Waals surface area contributed by atoms with Gasteiger partial charge in [0, 0.05) is 25.1 Å². The number of aliphatic hydroxyl groups is 3. The van der Waals surface area contributed by atoms with Crippen LogP contribution in [0.5, 0.6) is 23.0 Å². The molecular weight excluding hydrogens is 759 g/mol. The fourth-order valence-corrected chi connectivity index (χ4v) is 7.88. The van der Waals surface area contributed by atoms with Crippen LogP contribution >= 0.6 is 22.6 Å². The summed E-state index contributed by atoms with van der Waals surface area (Å²) in [5.41, 5.74) is 1.66. The molecule has 0 aromatic heterocycles. The summed E-state index contributed by atoms with van der Waals surface area (Å²) in [7, 11) is 1.48. The highest BCUT2D eigenvalue weighted by atomic mass is 127. The number of aliphatic hydroxyl groups excluding tert-OH is 3. The van der Waals surface area contributed by atoms with Crippen LogP contribution in [0.1, 0.15) is 57.6 Å². The number of nitrogens with one attached hydrogen (secondary N) is 1. The molecule has 0 spiro atoms. The first-order valence-corrected chi connectivity index (χ1v) is 18.3. The fourth-order valence-electron chi connectivity index (χ4n) is 7.09. The van der Waals surface area contributed by atoms with E-state index in [0.29, 0.717) is 55.5 Å². The van der Waals surface area contributed by atoms with Crippen LogP contribution in [0.3, 0.4) is 0 Å². The number of hydrogen-bond acceptors (Lipinski definition) is 10. The molecule has 4 N–H and O–H groups in total. The van der Waals surface area contributed by atoms with Crippen LogP contribution in [-0.2, 0) is 27.5 Å². The van der Waals surface area contributed by atoms with Gasteiger partial charge in [0.05, 0.1) is 36.0 Å². The van der Waals surface area contributed by atoms with Crippen molar-refractivity contribution in [2.24, 2.45) is 17.8 Å². The Morgan fingerprint density at radius 3 is 2.60 bits per heavy atom. The van der Waals surface area contributed by atoms with E-state index in [-0.39, 0.29) is 58.1 Å². The zero-order valence-corrected chi connectivity index (χ0v) is 31.3. The topological polar surface area (TPSA) is 156 Å². The first-order valence-electron chi connectivity index (χ1n) is 17.2. The monoisotopic (exact) mass is 808 g/mol. The number of ether oxygens (including phenoxy) is 5. The lowest BCUT2D eigenvalue weighted by atomic mass is 9.75. The summed E-state index contributed by atoms with van der Waals surface area (Å²) in [6, 6.07) is 7.93. The zero-order valence-electron chi connectivity index (χ0n) is 29.1. The Morgan fingerprint density at radius 1 is 1.10 bits per heavy atom. The second-order valence-electron chi connectivity index (χ2n) is 13.7. The van der Waals surface area contributed by atoms with Crippen LogP contribution in [0.25, 0.3) is 0 Å². The van der Waals surface area contributed by atoms with Gasteiger partial charge in [-0.1, -0.05) is 33.3 Å². The lowest BCUT2D eigenvalue weighted by Gasteiger charge is -2.41. The third kappa shape index (κ3) is 9.02. The van der Waals surface area contributed by atoms with Crippen molar-refractivity contribution in [1.82, 2.24) is 10.2 Å². The van der Waals surface area contributed by atoms with E-state index in [1.165, 1.54) is 7.11 Å². The molecule has 1 heterocycles. The number of carbonyl (C=O) groups is 2. The van der Waals surface area contributed by atoms with E-state index in [4.69, 9.17) is 23.7 Å². The van der Waals surface area contributed by atoms with Crippen molar-refractivity contribution < 1.29 is 48.6 Å². The van der Waals surface area contributed by atoms with Crippen molar-refractivity contribution in [3.8, 4) is 23.0 Å². The molecule has 2 aromatic rings. The summed E-state index contributed by atoms with van der Waals surface area (Å²) in [6.45, 7) is 6.18. The van der Waals surface area contributed by atoms with Crippen molar-refractivity contribution in [3.05, 3.63) is 56.7 Å². The summed E-state index contributed by atoms with van der Waals surface area (Å²) in [5, 5.41) is 33.9. The molecule has 3 aliphatic rings. The van der Waals surface area contributed by atoms with Gasteiger partial charge in [-0.25, -0.2) is 0 Å². The number of benzene rings is 2. The minimum atomic E-state index is -1.27. The van der Waals surface area contributed by atoms with Crippen molar-refractivity contribution in [2.75, 3.05) is 33.7 Å². The summed E-state index contributed by atoms with van der Waals surface area (Å²) in [4.78, 5) is 29.3. The zero-order chi connectivity index (χ0) is 35.9. The molecule has 0 bridgehead atoms. The predicted molar refractivity (Wildman–Crippen MR) is 193 cm³/mol. The highest BCUT2D eigenvalue weighted by Gasteiger charge is 2.42. The first kappa shape index (κ1) is 38.1. The highest BCUT2D eigenvalue weighted by Crippen LogP contribution is 2.39. The molecule has 1 fully saturated rings. The molecule has 274 valence electrons. The molecule has 0 unspecified atom stereocenters. The molecule has 5 rings (SSSR count). The predicted octanol–water partition coefficient (Wildman–Crippen LogP) is 3.94. The second kappa shape index (κ2) is 17.4. The van der Waals surface area contributed by atoms with Crippen molar-refractivity contribution in [1.29, 1.82) is 0 Å². The molecule has 12 nitrogen and oxygen atoms in total. The molecule has 13 heteroatoms. The normalized spacial score (nSPS) is 24.5. The Bertz CT molecular complexity index is 1530. The van der Waals surface area contributed by atoms with Crippen LogP contribution in [0.15, 0.2) is 42.0 Å². The van der Waals surface area contributed by atoms with Gasteiger partial charge in [0.1, 0.15) is 18.8 Å². The fraction of sp³-hybridized carbons (Fsp3) is 0.568. The summed E-state index contributed by atoms with van der Waals surface area (Å²) < 4.78 is 30.1. The summed E-state index contributed by atoms with van der Waals surface area (Å²) in [5.74, 6) is 2.29. The molecule has 0 saturated heterocycles. The van der Waals surface area contributed by atoms with Gasteiger partial charge in [0.15, 0.2) is 23.0 Å². The Hall–Kier alpha value is -3.11. The van der Waals surface area contributed by atoms with Gasteiger partial charge in [-0.15, -0.1) is 0 Å².